The quantitative estimate of drug-likeness (QED) is 0.351. The number of nitrogens with two attached hydrogens (primary N) is 1. The fraction of sp³-hybridized carbons (Fsp3) is 0.231. The Hall–Kier alpha value is -4.47. The monoisotopic (exact) mass is 521 g/mol. The van der Waals surface area contributed by atoms with Crippen LogP contribution in [0.2, 0.25) is 0 Å². The van der Waals surface area contributed by atoms with E-state index in [1.807, 2.05) is 0 Å². The Morgan fingerprint density at radius 1 is 1.18 bits per heavy atom. The van der Waals surface area contributed by atoms with E-state index in [9.17, 15) is 18.0 Å². The van der Waals surface area contributed by atoms with Crippen LogP contribution in [0.15, 0.2) is 36.7 Å². The van der Waals surface area contributed by atoms with Crippen LogP contribution in [0, 0.1) is 36.2 Å². The van der Waals surface area contributed by atoms with Crippen molar-refractivity contribution in [1.29, 1.82) is 0 Å². The number of urea groups is 1. The maximum Gasteiger partial charge on any atom is 0.346 e. The van der Waals surface area contributed by atoms with Crippen LogP contribution >= 0.6 is 0 Å². The van der Waals surface area contributed by atoms with Crippen molar-refractivity contribution in [2.75, 3.05) is 18.5 Å². The van der Waals surface area contributed by atoms with Gasteiger partial charge in [0.15, 0.2) is 5.65 Å². The van der Waals surface area contributed by atoms with Crippen molar-refractivity contribution in [3.05, 3.63) is 82.2 Å². The van der Waals surface area contributed by atoms with Gasteiger partial charge >= 0.3 is 6.03 Å². The molecule has 4 N–H and O–H groups in total. The minimum atomic E-state index is -0.790. The molecule has 12 heteroatoms. The summed E-state index contributed by atoms with van der Waals surface area (Å²) in [6.07, 6.45) is 2.24. The number of halogens is 3. The summed E-state index contributed by atoms with van der Waals surface area (Å²) in [7, 11) is 0. The number of amides is 2. The van der Waals surface area contributed by atoms with E-state index in [4.69, 9.17) is 10.6 Å². The number of anilines is 1. The lowest BCUT2D eigenvalue weighted by Crippen LogP contribution is -2.34. The molecule has 194 valence electrons. The number of nitrogens with one attached hydrogen (secondary N) is 2. The fourth-order valence-corrected chi connectivity index (χ4v) is 4.28. The largest absolute Gasteiger partial charge is 0.346 e. The lowest BCUT2D eigenvalue weighted by Gasteiger charge is -2.23. The molecule has 0 aliphatic carbocycles. The number of benzene rings is 2. The van der Waals surface area contributed by atoms with Gasteiger partial charge in [-0.15, -0.1) is 0 Å². The average molecular weight is 522 g/mol. The van der Waals surface area contributed by atoms with Gasteiger partial charge < -0.3 is 11.1 Å². The number of hydrogen-bond acceptors (Lipinski definition) is 6. The van der Waals surface area contributed by atoms with Crippen molar-refractivity contribution in [3.63, 3.8) is 0 Å². The highest BCUT2D eigenvalue weighted by atomic mass is 19.1. The molecule has 2 aromatic carbocycles. The van der Waals surface area contributed by atoms with Gasteiger partial charge in [-0.1, -0.05) is 5.92 Å². The second-order valence-electron chi connectivity index (χ2n) is 8.65. The van der Waals surface area contributed by atoms with E-state index in [1.165, 1.54) is 18.5 Å². The van der Waals surface area contributed by atoms with Crippen molar-refractivity contribution in [1.82, 2.24) is 25.2 Å². The zero-order valence-electron chi connectivity index (χ0n) is 20.2. The average Bonchev–Trinajstić information content (AvgIpc) is 3.53. The Balaban J connectivity index is 1.41. The van der Waals surface area contributed by atoms with Gasteiger partial charge in [-0.2, -0.15) is 10.2 Å². The molecule has 2 aromatic heterocycles. The molecule has 1 saturated heterocycles. The molecule has 0 unspecified atom stereocenters. The van der Waals surface area contributed by atoms with Crippen molar-refractivity contribution in [2.45, 2.75) is 25.8 Å². The highest BCUT2D eigenvalue weighted by molar-refractivity contribution is 5.89. The molecule has 5 rings (SSSR count). The van der Waals surface area contributed by atoms with Gasteiger partial charge in [0.1, 0.15) is 29.5 Å². The number of rotatable bonds is 4. The van der Waals surface area contributed by atoms with Crippen molar-refractivity contribution in [2.24, 2.45) is 5.73 Å². The molecule has 3 heterocycles. The lowest BCUT2D eigenvalue weighted by atomic mass is 10.0. The Morgan fingerprint density at radius 3 is 2.74 bits per heavy atom. The number of H-pyrrole nitrogens is 1. The van der Waals surface area contributed by atoms with Gasteiger partial charge in [0.05, 0.1) is 29.4 Å². The highest BCUT2D eigenvalue weighted by Crippen LogP contribution is 2.32. The summed E-state index contributed by atoms with van der Waals surface area (Å²) in [6.45, 7) is 2.22. The number of aryl methyl sites for hydroxylation is 1. The van der Waals surface area contributed by atoms with E-state index in [1.54, 1.807) is 6.92 Å². The predicted octanol–water partition coefficient (Wildman–Crippen LogP) is 3.89. The van der Waals surface area contributed by atoms with E-state index in [2.05, 4.69) is 37.3 Å². The van der Waals surface area contributed by atoms with E-state index >= 15 is 0 Å². The number of nitrogens with zero attached hydrogens (tertiary/aromatic N) is 4. The number of carbonyl (C=O) groups is 1. The smallest absolute Gasteiger partial charge is 0.330 e. The van der Waals surface area contributed by atoms with Crippen LogP contribution in [0.1, 0.15) is 40.5 Å². The first-order chi connectivity index (χ1) is 18.3. The minimum Gasteiger partial charge on any atom is -0.330 e. The molecule has 0 spiro atoms. The van der Waals surface area contributed by atoms with Gasteiger partial charge in [0.25, 0.3) is 0 Å². The first-order valence-corrected chi connectivity index (χ1v) is 11.7. The van der Waals surface area contributed by atoms with Gasteiger partial charge in [0.2, 0.25) is 0 Å². The molecule has 1 aliphatic heterocycles. The Bertz CT molecular complexity index is 1570. The molecule has 38 heavy (non-hydrogen) atoms. The minimum absolute atomic E-state index is 0.133. The molecule has 4 aromatic rings. The van der Waals surface area contributed by atoms with E-state index in [-0.39, 0.29) is 17.9 Å². The lowest BCUT2D eigenvalue weighted by molar-refractivity contribution is -0.0830. The molecule has 1 atom stereocenters. The van der Waals surface area contributed by atoms with Crippen LogP contribution in [0.5, 0.6) is 0 Å². The summed E-state index contributed by atoms with van der Waals surface area (Å²) in [5, 5.41) is 11.1. The van der Waals surface area contributed by atoms with Crippen LogP contribution in [-0.2, 0) is 11.3 Å². The molecule has 0 radical (unpaired) electrons. The SMILES string of the molecule is Cc1cc(F)c(NC(=O)N2OCC[C@@H]2c2cc(F)cc(F)c2)cc1C#Cc1[nH]nc2ncnc(CCN)c12. The third-order valence-corrected chi connectivity index (χ3v) is 6.06. The first-order valence-electron chi connectivity index (χ1n) is 11.7. The standard InChI is InChI=1S/C26H22F3N7O2/c1-14-8-19(29)22(33-26(37)36-23(5-7-38-36)16-9-17(27)12-18(28)10-16)11-15(14)2-3-21-24-20(4-6-30)31-13-32-25(24)35-34-21/h8-13,23H,4-7,30H2,1H3,(H,33,37)(H,31,32,34,35)/t23-/m1/s1. The summed E-state index contributed by atoms with van der Waals surface area (Å²) in [6, 6.07) is 4.12. The molecular formula is C26H22F3N7O2. The number of fused-ring (bicyclic) bond motifs is 1. The van der Waals surface area contributed by atoms with Gasteiger partial charge in [-0.25, -0.2) is 27.9 Å². The van der Waals surface area contributed by atoms with Crippen LogP contribution in [0.25, 0.3) is 11.0 Å². The molecule has 9 nitrogen and oxygen atoms in total. The summed E-state index contributed by atoms with van der Waals surface area (Å²) in [4.78, 5) is 26.8. The zero-order chi connectivity index (χ0) is 26.8. The summed E-state index contributed by atoms with van der Waals surface area (Å²) in [5.41, 5.74) is 8.42. The van der Waals surface area contributed by atoms with Crippen molar-refractivity contribution in [3.8, 4) is 11.8 Å². The van der Waals surface area contributed by atoms with Crippen molar-refractivity contribution < 1.29 is 22.8 Å². The molecule has 1 aliphatic rings. The zero-order valence-corrected chi connectivity index (χ0v) is 20.2. The van der Waals surface area contributed by atoms with Crippen LogP contribution in [0.3, 0.4) is 0 Å². The van der Waals surface area contributed by atoms with Crippen molar-refractivity contribution >= 4 is 22.8 Å². The molecule has 1 fully saturated rings. The number of aromatic nitrogens is 4. The van der Waals surface area contributed by atoms with Crippen LogP contribution in [-0.4, -0.2) is 44.4 Å². The number of hydroxylamine groups is 2. The summed E-state index contributed by atoms with van der Waals surface area (Å²) in [5.74, 6) is 3.74. The Morgan fingerprint density at radius 2 is 1.97 bits per heavy atom. The van der Waals surface area contributed by atoms with Crippen LogP contribution in [0.4, 0.5) is 23.7 Å². The highest BCUT2D eigenvalue weighted by Gasteiger charge is 2.33. The van der Waals surface area contributed by atoms with Gasteiger partial charge in [-0.05, 0) is 54.8 Å². The Labute approximate surface area is 215 Å². The topological polar surface area (TPSA) is 122 Å². The maximum absolute atomic E-state index is 14.8. The second kappa shape index (κ2) is 10.5. The van der Waals surface area contributed by atoms with E-state index in [0.29, 0.717) is 52.9 Å². The fourth-order valence-electron chi connectivity index (χ4n) is 4.28. The third-order valence-electron chi connectivity index (χ3n) is 6.06. The first kappa shape index (κ1) is 25.2. The van der Waals surface area contributed by atoms with Gasteiger partial charge in [0, 0.05) is 24.5 Å². The number of aromatic amines is 1. The molecular weight excluding hydrogens is 499 g/mol. The predicted molar refractivity (Wildman–Crippen MR) is 132 cm³/mol. The number of hydrogen-bond donors (Lipinski definition) is 3. The Kier molecular flexibility index (Phi) is 6.95. The number of carbonyl (C=O) groups excluding carboxylic acids is 1. The van der Waals surface area contributed by atoms with E-state index in [0.717, 1.165) is 23.3 Å². The second-order valence-corrected chi connectivity index (χ2v) is 8.65. The summed E-state index contributed by atoms with van der Waals surface area (Å²) < 4.78 is 42.3. The third kappa shape index (κ3) is 5.02. The molecule has 0 bridgehead atoms. The van der Waals surface area contributed by atoms with Gasteiger partial charge in [-0.3, -0.25) is 9.94 Å². The maximum atomic E-state index is 14.8. The van der Waals surface area contributed by atoms with E-state index < -0.39 is 29.5 Å². The molecule has 0 saturated carbocycles. The van der Waals surface area contributed by atoms with Crippen LogP contribution < -0.4 is 11.1 Å². The summed E-state index contributed by atoms with van der Waals surface area (Å²) >= 11 is 0. The molecule has 2 amide bonds. The normalized spacial score (nSPS) is 15.0.